The fraction of sp³-hybridized carbons (Fsp3) is 0.632. The molecule has 2 aliphatic heterocycles. The molecule has 1 aromatic carbocycles. The Balaban J connectivity index is 0.00000156. The maximum absolute atomic E-state index is 13.0. The van der Waals surface area contributed by atoms with Crippen molar-refractivity contribution >= 4 is 30.7 Å². The summed E-state index contributed by atoms with van der Waals surface area (Å²) in [4.78, 5) is 17.4. The van der Waals surface area contributed by atoms with Crippen LogP contribution < -0.4 is 5.73 Å². The average Bonchev–Trinajstić information content (AvgIpc) is 2.98. The Kier molecular flexibility index (Phi) is 8.20. The first-order valence-corrected chi connectivity index (χ1v) is 8.80. The predicted molar refractivity (Wildman–Crippen MR) is 107 cm³/mol. The number of carbonyl (C=O) groups is 1. The molecule has 4 nitrogen and oxygen atoms in total. The fourth-order valence-corrected chi connectivity index (χ4v) is 3.89. The third-order valence-electron chi connectivity index (χ3n) is 5.50. The highest BCUT2D eigenvalue weighted by Gasteiger charge is 2.39. The Hall–Kier alpha value is -0.810. The molecule has 2 unspecified atom stereocenters. The minimum absolute atomic E-state index is 0. The SMILES string of the molecule is CC1(C)CN(C(=O)C2CCCN2Cc2ccccc2)CCC1N.Cl.Cl. The summed E-state index contributed by atoms with van der Waals surface area (Å²) in [6.07, 6.45) is 3.00. The largest absolute Gasteiger partial charge is 0.341 e. The summed E-state index contributed by atoms with van der Waals surface area (Å²) in [5.74, 6) is 0.304. The monoisotopic (exact) mass is 387 g/mol. The molecule has 2 atom stereocenters. The summed E-state index contributed by atoms with van der Waals surface area (Å²) in [5.41, 5.74) is 7.51. The lowest BCUT2D eigenvalue weighted by Crippen LogP contribution is -2.57. The van der Waals surface area contributed by atoms with Crippen LogP contribution in [0.25, 0.3) is 0 Å². The van der Waals surface area contributed by atoms with Crippen LogP contribution in [0.3, 0.4) is 0 Å². The number of carbonyl (C=O) groups excluding carboxylic acids is 1. The molecule has 2 saturated heterocycles. The van der Waals surface area contributed by atoms with Gasteiger partial charge in [0, 0.05) is 25.7 Å². The maximum Gasteiger partial charge on any atom is 0.239 e. The quantitative estimate of drug-likeness (QED) is 0.866. The Labute approximate surface area is 163 Å². The molecule has 142 valence electrons. The number of hydrogen-bond acceptors (Lipinski definition) is 3. The molecular weight excluding hydrogens is 357 g/mol. The number of nitrogens with zero attached hydrogens (tertiary/aromatic N) is 2. The van der Waals surface area contributed by atoms with E-state index in [2.05, 4.69) is 47.9 Å². The standard InChI is InChI=1S/C19H29N3O.2ClH/c1-19(2)14-22(12-10-17(19)20)18(23)16-9-6-11-21(16)13-15-7-4-3-5-8-15;;/h3-5,7-8,16-17H,6,9-14,20H2,1-2H3;2*1H. The summed E-state index contributed by atoms with van der Waals surface area (Å²) in [5, 5.41) is 0. The minimum Gasteiger partial charge on any atom is -0.341 e. The van der Waals surface area contributed by atoms with Gasteiger partial charge >= 0.3 is 0 Å². The normalized spacial score (nSPS) is 25.8. The third-order valence-corrected chi connectivity index (χ3v) is 5.50. The second-order valence-electron chi connectivity index (χ2n) is 7.76. The zero-order valence-corrected chi connectivity index (χ0v) is 16.8. The highest BCUT2D eigenvalue weighted by molar-refractivity contribution is 5.85. The Morgan fingerprint density at radius 3 is 2.48 bits per heavy atom. The van der Waals surface area contributed by atoms with Crippen LogP contribution in [0.15, 0.2) is 30.3 Å². The third kappa shape index (κ3) is 5.10. The van der Waals surface area contributed by atoms with Crippen LogP contribution in [0.4, 0.5) is 0 Å². The number of nitrogens with two attached hydrogens (primary N) is 1. The lowest BCUT2D eigenvalue weighted by Gasteiger charge is -2.44. The molecule has 3 rings (SSSR count). The molecule has 0 aromatic heterocycles. The molecule has 2 fully saturated rings. The van der Waals surface area contributed by atoms with Crippen LogP contribution in [-0.4, -0.2) is 47.4 Å². The van der Waals surface area contributed by atoms with Gasteiger partial charge in [0.25, 0.3) is 0 Å². The molecule has 2 N–H and O–H groups in total. The lowest BCUT2D eigenvalue weighted by atomic mass is 9.79. The number of likely N-dealkylation sites (tertiary alicyclic amines) is 2. The molecule has 1 amide bonds. The predicted octanol–water partition coefficient (Wildman–Crippen LogP) is 3.08. The van der Waals surface area contributed by atoms with E-state index < -0.39 is 0 Å². The number of hydrogen-bond donors (Lipinski definition) is 1. The summed E-state index contributed by atoms with van der Waals surface area (Å²) >= 11 is 0. The van der Waals surface area contributed by atoms with E-state index in [1.54, 1.807) is 0 Å². The molecule has 2 heterocycles. The van der Waals surface area contributed by atoms with Gasteiger partial charge in [0.1, 0.15) is 0 Å². The van der Waals surface area contributed by atoms with Crippen molar-refractivity contribution in [2.75, 3.05) is 19.6 Å². The van der Waals surface area contributed by atoms with Gasteiger partial charge in [-0.05, 0) is 36.8 Å². The fourth-order valence-electron chi connectivity index (χ4n) is 3.89. The lowest BCUT2D eigenvalue weighted by molar-refractivity contribution is -0.139. The van der Waals surface area contributed by atoms with E-state index in [-0.39, 0.29) is 42.3 Å². The van der Waals surface area contributed by atoms with E-state index in [9.17, 15) is 4.79 Å². The van der Waals surface area contributed by atoms with Crippen molar-refractivity contribution in [3.05, 3.63) is 35.9 Å². The van der Waals surface area contributed by atoms with Gasteiger partial charge in [-0.25, -0.2) is 0 Å². The molecule has 0 bridgehead atoms. The smallest absolute Gasteiger partial charge is 0.239 e. The molecule has 0 aliphatic carbocycles. The minimum atomic E-state index is 0. The van der Waals surface area contributed by atoms with Gasteiger partial charge in [-0.1, -0.05) is 44.2 Å². The first-order chi connectivity index (χ1) is 11.0. The van der Waals surface area contributed by atoms with Crippen LogP contribution in [-0.2, 0) is 11.3 Å². The van der Waals surface area contributed by atoms with Crippen molar-refractivity contribution in [3.63, 3.8) is 0 Å². The van der Waals surface area contributed by atoms with Crippen molar-refractivity contribution in [3.8, 4) is 0 Å². The molecule has 25 heavy (non-hydrogen) atoms. The van der Waals surface area contributed by atoms with Gasteiger partial charge in [0.15, 0.2) is 0 Å². The van der Waals surface area contributed by atoms with Gasteiger partial charge in [0.05, 0.1) is 6.04 Å². The molecule has 0 saturated carbocycles. The Bertz CT molecular complexity index is 553. The molecule has 6 heteroatoms. The van der Waals surface area contributed by atoms with Gasteiger partial charge < -0.3 is 10.6 Å². The van der Waals surface area contributed by atoms with E-state index >= 15 is 0 Å². The first-order valence-electron chi connectivity index (χ1n) is 8.80. The van der Waals surface area contributed by atoms with E-state index in [0.29, 0.717) is 5.91 Å². The summed E-state index contributed by atoms with van der Waals surface area (Å²) in [6, 6.07) is 10.7. The highest BCUT2D eigenvalue weighted by atomic mass is 35.5. The van der Waals surface area contributed by atoms with Crippen LogP contribution in [0.2, 0.25) is 0 Å². The topological polar surface area (TPSA) is 49.6 Å². The van der Waals surface area contributed by atoms with Gasteiger partial charge in [-0.2, -0.15) is 0 Å². The van der Waals surface area contributed by atoms with E-state index in [1.165, 1.54) is 5.56 Å². The van der Waals surface area contributed by atoms with Gasteiger partial charge in [0.2, 0.25) is 5.91 Å². The zero-order valence-electron chi connectivity index (χ0n) is 15.2. The summed E-state index contributed by atoms with van der Waals surface area (Å²) < 4.78 is 0. The van der Waals surface area contributed by atoms with Crippen molar-refractivity contribution in [2.24, 2.45) is 11.1 Å². The number of piperidine rings is 1. The van der Waals surface area contributed by atoms with Crippen molar-refractivity contribution in [1.82, 2.24) is 9.80 Å². The highest BCUT2D eigenvalue weighted by Crippen LogP contribution is 2.30. The van der Waals surface area contributed by atoms with E-state index in [1.807, 2.05) is 6.07 Å². The van der Waals surface area contributed by atoms with Crippen LogP contribution in [0.5, 0.6) is 0 Å². The van der Waals surface area contributed by atoms with Gasteiger partial charge in [-0.3, -0.25) is 9.69 Å². The molecule has 1 aromatic rings. The van der Waals surface area contributed by atoms with Crippen LogP contribution >= 0.6 is 24.8 Å². The zero-order chi connectivity index (χ0) is 16.4. The molecule has 2 aliphatic rings. The number of halogens is 2. The summed E-state index contributed by atoms with van der Waals surface area (Å²) in [6.45, 7) is 7.82. The van der Waals surface area contributed by atoms with Crippen molar-refractivity contribution < 1.29 is 4.79 Å². The Morgan fingerprint density at radius 2 is 1.84 bits per heavy atom. The number of rotatable bonds is 3. The van der Waals surface area contributed by atoms with Gasteiger partial charge in [-0.15, -0.1) is 24.8 Å². The van der Waals surface area contributed by atoms with Crippen LogP contribution in [0.1, 0.15) is 38.7 Å². The van der Waals surface area contributed by atoms with Crippen molar-refractivity contribution in [1.29, 1.82) is 0 Å². The average molecular weight is 388 g/mol. The van der Waals surface area contributed by atoms with E-state index in [4.69, 9.17) is 5.73 Å². The Morgan fingerprint density at radius 1 is 1.16 bits per heavy atom. The van der Waals surface area contributed by atoms with E-state index in [0.717, 1.165) is 45.4 Å². The van der Waals surface area contributed by atoms with Crippen molar-refractivity contribution in [2.45, 2.75) is 51.7 Å². The maximum atomic E-state index is 13.0. The number of benzene rings is 1. The second kappa shape index (κ2) is 9.22. The molecular formula is C19H31Cl2N3O. The second-order valence-corrected chi connectivity index (χ2v) is 7.76. The summed E-state index contributed by atoms with van der Waals surface area (Å²) in [7, 11) is 0. The molecule has 0 spiro atoms. The van der Waals surface area contributed by atoms with Crippen LogP contribution in [0, 0.1) is 5.41 Å². The number of amides is 1. The molecule has 0 radical (unpaired) electrons. The first kappa shape index (κ1) is 22.2.